The standard InChI is InChI=1S/C15H22N2OS/c1-11(2)12-3-5-15(18,6-4-12)9-13-10-17-7-8-19-14(17)16-13/h7-8,10-12,18H,3-6,9H2,1-2H3. The van der Waals surface area contributed by atoms with Crippen molar-refractivity contribution in [3.05, 3.63) is 23.5 Å². The number of nitrogens with zero attached hydrogens (tertiary/aromatic N) is 2. The van der Waals surface area contributed by atoms with E-state index in [2.05, 4.69) is 25.0 Å². The Morgan fingerprint density at radius 1 is 1.47 bits per heavy atom. The Morgan fingerprint density at radius 3 is 2.84 bits per heavy atom. The van der Waals surface area contributed by atoms with Crippen LogP contribution in [0.1, 0.15) is 45.2 Å². The van der Waals surface area contributed by atoms with Crippen molar-refractivity contribution in [2.75, 3.05) is 0 Å². The molecule has 3 nitrogen and oxygen atoms in total. The minimum absolute atomic E-state index is 0.532. The van der Waals surface area contributed by atoms with Gasteiger partial charge in [-0.15, -0.1) is 11.3 Å². The maximum Gasteiger partial charge on any atom is 0.193 e. The molecule has 2 heterocycles. The average molecular weight is 278 g/mol. The Kier molecular flexibility index (Phi) is 3.39. The summed E-state index contributed by atoms with van der Waals surface area (Å²) in [5, 5.41) is 12.8. The molecular weight excluding hydrogens is 256 g/mol. The Morgan fingerprint density at radius 2 is 2.21 bits per heavy atom. The predicted molar refractivity (Wildman–Crippen MR) is 78.5 cm³/mol. The molecule has 0 aliphatic heterocycles. The first-order valence-electron chi connectivity index (χ1n) is 7.19. The van der Waals surface area contributed by atoms with Gasteiger partial charge in [0, 0.05) is 24.2 Å². The van der Waals surface area contributed by atoms with Crippen LogP contribution in [0.4, 0.5) is 0 Å². The van der Waals surface area contributed by atoms with Gasteiger partial charge in [-0.3, -0.25) is 4.40 Å². The topological polar surface area (TPSA) is 37.5 Å². The van der Waals surface area contributed by atoms with Gasteiger partial charge >= 0.3 is 0 Å². The van der Waals surface area contributed by atoms with Crippen molar-refractivity contribution in [2.45, 2.75) is 51.6 Å². The molecule has 104 valence electrons. The van der Waals surface area contributed by atoms with Crippen LogP contribution < -0.4 is 0 Å². The van der Waals surface area contributed by atoms with Crippen molar-refractivity contribution in [2.24, 2.45) is 11.8 Å². The van der Waals surface area contributed by atoms with Crippen LogP contribution in [0.3, 0.4) is 0 Å². The summed E-state index contributed by atoms with van der Waals surface area (Å²) in [6.45, 7) is 4.58. The number of imidazole rings is 1. The van der Waals surface area contributed by atoms with E-state index in [9.17, 15) is 5.11 Å². The second kappa shape index (κ2) is 4.91. The lowest BCUT2D eigenvalue weighted by molar-refractivity contribution is -0.0152. The van der Waals surface area contributed by atoms with Gasteiger partial charge in [-0.25, -0.2) is 4.98 Å². The fourth-order valence-corrected chi connectivity index (χ4v) is 3.94. The summed E-state index contributed by atoms with van der Waals surface area (Å²) in [5.74, 6) is 1.52. The average Bonchev–Trinajstić information content (AvgIpc) is 2.89. The predicted octanol–water partition coefficient (Wildman–Crippen LogP) is 3.52. The molecule has 0 atom stereocenters. The highest BCUT2D eigenvalue weighted by Crippen LogP contribution is 2.37. The summed E-state index contributed by atoms with van der Waals surface area (Å²) in [5.41, 5.74) is 0.493. The first-order chi connectivity index (χ1) is 9.06. The Hall–Kier alpha value is -0.870. The molecule has 1 aliphatic carbocycles. The van der Waals surface area contributed by atoms with E-state index >= 15 is 0 Å². The maximum absolute atomic E-state index is 10.7. The van der Waals surface area contributed by atoms with E-state index in [-0.39, 0.29) is 0 Å². The number of hydrogen-bond acceptors (Lipinski definition) is 3. The smallest absolute Gasteiger partial charge is 0.193 e. The first kappa shape index (κ1) is 13.1. The summed E-state index contributed by atoms with van der Waals surface area (Å²) >= 11 is 1.64. The third kappa shape index (κ3) is 2.70. The van der Waals surface area contributed by atoms with Crippen LogP contribution in [0.15, 0.2) is 17.8 Å². The van der Waals surface area contributed by atoms with Crippen LogP contribution in [0.2, 0.25) is 0 Å². The molecule has 1 N–H and O–H groups in total. The summed E-state index contributed by atoms with van der Waals surface area (Å²) in [4.78, 5) is 5.61. The van der Waals surface area contributed by atoms with E-state index in [1.807, 2.05) is 16.0 Å². The molecule has 0 saturated heterocycles. The van der Waals surface area contributed by atoms with Gasteiger partial charge in [0.25, 0.3) is 0 Å². The van der Waals surface area contributed by atoms with E-state index in [4.69, 9.17) is 0 Å². The molecule has 3 rings (SSSR count). The van der Waals surface area contributed by atoms with Crippen molar-refractivity contribution in [3.8, 4) is 0 Å². The summed E-state index contributed by atoms with van der Waals surface area (Å²) in [6.07, 6.45) is 8.91. The number of rotatable bonds is 3. The summed E-state index contributed by atoms with van der Waals surface area (Å²) in [6, 6.07) is 0. The molecule has 2 aromatic rings. The van der Waals surface area contributed by atoms with Crippen molar-refractivity contribution in [3.63, 3.8) is 0 Å². The molecule has 0 spiro atoms. The first-order valence-corrected chi connectivity index (χ1v) is 8.07. The zero-order chi connectivity index (χ0) is 13.5. The number of aromatic nitrogens is 2. The highest BCUT2D eigenvalue weighted by Gasteiger charge is 2.34. The molecule has 1 aliphatic rings. The van der Waals surface area contributed by atoms with Crippen molar-refractivity contribution in [1.29, 1.82) is 0 Å². The van der Waals surface area contributed by atoms with Gasteiger partial charge in [0.1, 0.15) is 0 Å². The second-order valence-electron chi connectivity index (χ2n) is 6.31. The lowest BCUT2D eigenvalue weighted by atomic mass is 9.73. The molecule has 4 heteroatoms. The molecule has 0 amide bonds. The van der Waals surface area contributed by atoms with Crippen molar-refractivity contribution >= 4 is 16.3 Å². The van der Waals surface area contributed by atoms with Gasteiger partial charge in [0.15, 0.2) is 4.96 Å². The Labute approximate surface area is 118 Å². The molecule has 1 fully saturated rings. The van der Waals surface area contributed by atoms with Crippen LogP contribution in [-0.4, -0.2) is 20.1 Å². The van der Waals surface area contributed by atoms with E-state index < -0.39 is 5.60 Å². The Balaban J connectivity index is 1.67. The molecule has 0 unspecified atom stereocenters. The lowest BCUT2D eigenvalue weighted by Crippen LogP contribution is -2.37. The summed E-state index contributed by atoms with van der Waals surface area (Å²) in [7, 11) is 0. The molecule has 2 aromatic heterocycles. The van der Waals surface area contributed by atoms with Gasteiger partial charge < -0.3 is 5.11 Å². The zero-order valence-corrected chi connectivity index (χ0v) is 12.5. The van der Waals surface area contributed by atoms with Crippen LogP contribution in [0.5, 0.6) is 0 Å². The van der Waals surface area contributed by atoms with Crippen LogP contribution >= 0.6 is 11.3 Å². The van der Waals surface area contributed by atoms with E-state index in [0.29, 0.717) is 6.42 Å². The number of hydrogen-bond donors (Lipinski definition) is 1. The van der Waals surface area contributed by atoms with Crippen LogP contribution in [-0.2, 0) is 6.42 Å². The van der Waals surface area contributed by atoms with E-state index in [0.717, 1.165) is 48.2 Å². The second-order valence-corrected chi connectivity index (χ2v) is 7.18. The summed E-state index contributed by atoms with van der Waals surface area (Å²) < 4.78 is 2.04. The lowest BCUT2D eigenvalue weighted by Gasteiger charge is -2.37. The highest BCUT2D eigenvalue weighted by atomic mass is 32.1. The van der Waals surface area contributed by atoms with E-state index in [1.54, 1.807) is 11.3 Å². The van der Waals surface area contributed by atoms with Gasteiger partial charge in [0.05, 0.1) is 11.3 Å². The zero-order valence-electron chi connectivity index (χ0n) is 11.7. The minimum Gasteiger partial charge on any atom is -0.389 e. The SMILES string of the molecule is CC(C)C1CCC(O)(Cc2cn3ccsc3n2)CC1. The van der Waals surface area contributed by atoms with Crippen molar-refractivity contribution in [1.82, 2.24) is 9.38 Å². The third-order valence-electron chi connectivity index (χ3n) is 4.56. The molecule has 1 saturated carbocycles. The normalized spacial score (nSPS) is 28.3. The van der Waals surface area contributed by atoms with Gasteiger partial charge in [-0.2, -0.15) is 0 Å². The largest absolute Gasteiger partial charge is 0.389 e. The van der Waals surface area contributed by atoms with Crippen molar-refractivity contribution < 1.29 is 5.11 Å². The third-order valence-corrected chi connectivity index (χ3v) is 5.33. The number of fused-ring (bicyclic) bond motifs is 1. The van der Waals surface area contributed by atoms with Gasteiger partial charge in [-0.05, 0) is 37.5 Å². The van der Waals surface area contributed by atoms with Gasteiger partial charge in [-0.1, -0.05) is 13.8 Å². The minimum atomic E-state index is -0.532. The molecule has 19 heavy (non-hydrogen) atoms. The molecular formula is C15H22N2OS. The molecule has 0 bridgehead atoms. The van der Waals surface area contributed by atoms with Crippen LogP contribution in [0.25, 0.3) is 4.96 Å². The maximum atomic E-state index is 10.7. The highest BCUT2D eigenvalue weighted by molar-refractivity contribution is 7.15. The van der Waals surface area contributed by atoms with Crippen LogP contribution in [0, 0.1) is 11.8 Å². The molecule has 0 radical (unpaired) electrons. The molecule has 0 aromatic carbocycles. The fourth-order valence-electron chi connectivity index (χ4n) is 3.22. The fraction of sp³-hybridized carbons (Fsp3) is 0.667. The van der Waals surface area contributed by atoms with E-state index in [1.165, 1.54) is 0 Å². The quantitative estimate of drug-likeness (QED) is 0.933. The van der Waals surface area contributed by atoms with Gasteiger partial charge in [0.2, 0.25) is 0 Å². The number of aliphatic hydroxyl groups is 1. The Bertz CT molecular complexity index is 521. The number of thiazole rings is 1. The monoisotopic (exact) mass is 278 g/mol.